The molecule has 0 bridgehead atoms. The van der Waals surface area contributed by atoms with E-state index in [1.807, 2.05) is 55.3 Å². The monoisotopic (exact) mass is 214 g/mol. The van der Waals surface area contributed by atoms with Crippen molar-refractivity contribution >= 4 is 6.21 Å². The van der Waals surface area contributed by atoms with Gasteiger partial charge in [-0.1, -0.05) is 18.2 Å². The maximum Gasteiger partial charge on any atom is 0.0645 e. The molecule has 0 amide bonds. The van der Waals surface area contributed by atoms with Gasteiger partial charge in [-0.25, -0.2) is 4.68 Å². The fourth-order valence-corrected chi connectivity index (χ4v) is 1.31. The molecule has 0 saturated heterocycles. The number of nitrogens with zero attached hydrogens (tertiary/aromatic N) is 4. The Morgan fingerprint density at radius 2 is 2.00 bits per heavy atom. The van der Waals surface area contributed by atoms with Crippen LogP contribution in [0, 0.1) is 0 Å². The topological polar surface area (TPSA) is 33.4 Å². The number of hydrazone groups is 1. The smallest absolute Gasteiger partial charge is 0.0645 e. The molecule has 0 saturated carbocycles. The highest BCUT2D eigenvalue weighted by Gasteiger charge is 1.97. The first-order valence-electron chi connectivity index (χ1n) is 5.07. The minimum Gasteiger partial charge on any atom is -0.303 e. The van der Waals surface area contributed by atoms with Crippen molar-refractivity contribution in [3.63, 3.8) is 0 Å². The fraction of sp³-hybridized carbons (Fsp3) is 0.167. The van der Waals surface area contributed by atoms with Crippen molar-refractivity contribution in [3.05, 3.63) is 48.3 Å². The van der Waals surface area contributed by atoms with Crippen LogP contribution in [-0.4, -0.2) is 35.1 Å². The zero-order valence-corrected chi connectivity index (χ0v) is 9.41. The largest absolute Gasteiger partial charge is 0.303 e. The molecule has 2 rings (SSSR count). The Morgan fingerprint density at radius 1 is 1.25 bits per heavy atom. The second kappa shape index (κ2) is 4.61. The van der Waals surface area contributed by atoms with Gasteiger partial charge < -0.3 is 5.01 Å². The lowest BCUT2D eigenvalue weighted by molar-refractivity contribution is 0.440. The maximum atomic E-state index is 4.27. The molecule has 0 aliphatic carbocycles. The second-order valence-electron chi connectivity index (χ2n) is 3.65. The molecule has 1 heterocycles. The van der Waals surface area contributed by atoms with Gasteiger partial charge in [-0.2, -0.15) is 10.2 Å². The first kappa shape index (κ1) is 10.4. The van der Waals surface area contributed by atoms with Gasteiger partial charge in [0.15, 0.2) is 0 Å². The zero-order chi connectivity index (χ0) is 11.4. The Hall–Kier alpha value is -2.10. The number of benzene rings is 1. The van der Waals surface area contributed by atoms with Gasteiger partial charge in [0.25, 0.3) is 0 Å². The van der Waals surface area contributed by atoms with Crippen molar-refractivity contribution in [2.45, 2.75) is 0 Å². The van der Waals surface area contributed by atoms with E-state index >= 15 is 0 Å². The van der Waals surface area contributed by atoms with Crippen LogP contribution in [0.5, 0.6) is 0 Å². The third kappa shape index (κ3) is 2.48. The molecule has 0 N–H and O–H groups in total. The van der Waals surface area contributed by atoms with Crippen molar-refractivity contribution in [2.24, 2.45) is 5.10 Å². The lowest BCUT2D eigenvalue weighted by atomic mass is 10.3. The minimum atomic E-state index is 0.984. The van der Waals surface area contributed by atoms with Crippen LogP contribution < -0.4 is 0 Å². The van der Waals surface area contributed by atoms with E-state index in [1.54, 1.807) is 17.4 Å². The molecular formula is C12H14N4. The molecule has 0 aliphatic rings. The van der Waals surface area contributed by atoms with Gasteiger partial charge in [0, 0.05) is 25.9 Å². The third-order valence-electron chi connectivity index (χ3n) is 2.06. The summed E-state index contributed by atoms with van der Waals surface area (Å²) in [5.41, 5.74) is 2.03. The zero-order valence-electron chi connectivity index (χ0n) is 9.41. The van der Waals surface area contributed by atoms with Crippen LogP contribution in [0.3, 0.4) is 0 Å². The van der Waals surface area contributed by atoms with Crippen LogP contribution in [0.2, 0.25) is 0 Å². The van der Waals surface area contributed by atoms with Gasteiger partial charge in [-0.05, 0) is 12.1 Å². The van der Waals surface area contributed by atoms with Crippen molar-refractivity contribution < 1.29 is 0 Å². The van der Waals surface area contributed by atoms with E-state index in [2.05, 4.69) is 10.2 Å². The average Bonchev–Trinajstić information content (AvgIpc) is 2.76. The fourth-order valence-electron chi connectivity index (χ4n) is 1.31. The summed E-state index contributed by atoms with van der Waals surface area (Å²) in [7, 11) is 3.77. The van der Waals surface area contributed by atoms with E-state index in [4.69, 9.17) is 0 Å². The van der Waals surface area contributed by atoms with E-state index in [0.29, 0.717) is 0 Å². The Morgan fingerprint density at radius 3 is 2.69 bits per heavy atom. The molecule has 0 unspecified atom stereocenters. The first-order valence-corrected chi connectivity index (χ1v) is 5.07. The average molecular weight is 214 g/mol. The summed E-state index contributed by atoms with van der Waals surface area (Å²) >= 11 is 0. The summed E-state index contributed by atoms with van der Waals surface area (Å²) < 4.78 is 1.83. The minimum absolute atomic E-state index is 0.984. The van der Waals surface area contributed by atoms with Crippen molar-refractivity contribution in [2.75, 3.05) is 14.1 Å². The summed E-state index contributed by atoms with van der Waals surface area (Å²) in [6.45, 7) is 0. The maximum absolute atomic E-state index is 4.27. The van der Waals surface area contributed by atoms with E-state index in [-0.39, 0.29) is 0 Å². The van der Waals surface area contributed by atoms with Gasteiger partial charge in [-0.15, -0.1) is 0 Å². The molecule has 16 heavy (non-hydrogen) atoms. The van der Waals surface area contributed by atoms with Crippen molar-refractivity contribution in [1.82, 2.24) is 14.8 Å². The summed E-state index contributed by atoms with van der Waals surface area (Å²) in [5.74, 6) is 0. The molecule has 0 spiro atoms. The number of rotatable bonds is 3. The highest BCUT2D eigenvalue weighted by Crippen LogP contribution is 2.06. The summed E-state index contributed by atoms with van der Waals surface area (Å²) in [4.78, 5) is 0. The SMILES string of the molecule is CN(C)/N=C\c1cnn(-c2ccccc2)c1. The van der Waals surface area contributed by atoms with Crippen molar-refractivity contribution in [1.29, 1.82) is 0 Å². The van der Waals surface area contributed by atoms with Crippen LogP contribution >= 0.6 is 0 Å². The Bertz CT molecular complexity index is 471. The number of aromatic nitrogens is 2. The van der Waals surface area contributed by atoms with E-state index in [1.165, 1.54) is 0 Å². The first-order chi connectivity index (χ1) is 7.75. The molecule has 0 atom stereocenters. The lowest BCUT2D eigenvalue weighted by Crippen LogP contribution is -2.01. The van der Waals surface area contributed by atoms with E-state index in [0.717, 1.165) is 11.3 Å². The summed E-state index contributed by atoms with van der Waals surface area (Å²) in [5, 5.41) is 10.2. The second-order valence-corrected chi connectivity index (χ2v) is 3.65. The Labute approximate surface area is 94.8 Å². The van der Waals surface area contributed by atoms with Crippen LogP contribution in [-0.2, 0) is 0 Å². The highest BCUT2D eigenvalue weighted by molar-refractivity contribution is 5.78. The molecule has 82 valence electrons. The molecule has 1 aromatic carbocycles. The normalized spacial score (nSPS) is 10.9. The molecule has 0 radical (unpaired) electrons. The standard InChI is InChI=1S/C12H14N4/c1-15(2)13-8-11-9-14-16(10-11)12-6-4-3-5-7-12/h3-10H,1-2H3/b13-8-. The molecule has 4 nitrogen and oxygen atoms in total. The molecule has 0 fully saturated rings. The number of para-hydroxylation sites is 1. The van der Waals surface area contributed by atoms with Gasteiger partial charge in [0.05, 0.1) is 18.1 Å². The van der Waals surface area contributed by atoms with Gasteiger partial charge in [-0.3, -0.25) is 0 Å². The van der Waals surface area contributed by atoms with Gasteiger partial charge >= 0.3 is 0 Å². The summed E-state index contributed by atoms with van der Waals surface area (Å²) in [6, 6.07) is 10.00. The molecular weight excluding hydrogens is 200 g/mol. The van der Waals surface area contributed by atoms with Gasteiger partial charge in [0.1, 0.15) is 0 Å². The Balaban J connectivity index is 2.20. The number of hydrogen-bond acceptors (Lipinski definition) is 3. The van der Waals surface area contributed by atoms with E-state index in [9.17, 15) is 0 Å². The third-order valence-corrected chi connectivity index (χ3v) is 2.06. The quantitative estimate of drug-likeness (QED) is 0.576. The molecule has 1 aromatic heterocycles. The van der Waals surface area contributed by atoms with Crippen LogP contribution in [0.15, 0.2) is 47.8 Å². The van der Waals surface area contributed by atoms with Crippen LogP contribution in [0.1, 0.15) is 5.56 Å². The van der Waals surface area contributed by atoms with Crippen LogP contribution in [0.4, 0.5) is 0 Å². The highest BCUT2D eigenvalue weighted by atomic mass is 15.4. The van der Waals surface area contributed by atoms with Crippen LogP contribution in [0.25, 0.3) is 5.69 Å². The number of hydrogen-bond donors (Lipinski definition) is 0. The summed E-state index contributed by atoms with van der Waals surface area (Å²) in [6.07, 6.45) is 5.52. The van der Waals surface area contributed by atoms with E-state index < -0.39 is 0 Å². The Kier molecular flexibility index (Phi) is 3.00. The molecule has 2 aromatic rings. The molecule has 0 aliphatic heterocycles. The predicted octanol–water partition coefficient (Wildman–Crippen LogP) is 1.77. The predicted molar refractivity (Wildman–Crippen MR) is 64.8 cm³/mol. The van der Waals surface area contributed by atoms with Crippen molar-refractivity contribution in [3.8, 4) is 5.69 Å². The van der Waals surface area contributed by atoms with Gasteiger partial charge in [0.2, 0.25) is 0 Å². The molecule has 4 heteroatoms. The lowest BCUT2D eigenvalue weighted by Gasteiger charge is -2.00.